The summed E-state index contributed by atoms with van der Waals surface area (Å²) in [6.45, 7) is 6.33. The van der Waals surface area contributed by atoms with Gasteiger partial charge in [-0.3, -0.25) is 0 Å². The number of nitrogens with zero attached hydrogens (tertiary/aromatic N) is 2. The normalized spacial score (nSPS) is 11.1. The Labute approximate surface area is 190 Å². The molecule has 0 radical (unpaired) electrons. The van der Waals surface area contributed by atoms with Crippen LogP contribution in [0.4, 0.5) is 17.1 Å². The van der Waals surface area contributed by atoms with E-state index >= 15 is 0 Å². The molecule has 2 nitrogen and oxygen atoms in total. The zero-order valence-electron chi connectivity index (χ0n) is 18.7. The molecule has 0 atom stereocenters. The van der Waals surface area contributed by atoms with Crippen LogP contribution in [0.25, 0.3) is 11.6 Å². The topological polar surface area (TPSA) is 27.0 Å². The van der Waals surface area contributed by atoms with E-state index in [1.807, 2.05) is 24.3 Å². The zero-order valence-corrected chi connectivity index (χ0v) is 18.7. The van der Waals surface area contributed by atoms with E-state index in [-0.39, 0.29) is 0 Å². The molecule has 0 bridgehead atoms. The summed E-state index contributed by atoms with van der Waals surface area (Å²) in [5.74, 6) is 0. The molecule has 0 aliphatic heterocycles. The molecule has 0 saturated carbocycles. The Balaban J connectivity index is 1.67. The summed E-state index contributed by atoms with van der Waals surface area (Å²) in [5, 5.41) is 8.98. The van der Waals surface area contributed by atoms with Crippen molar-refractivity contribution in [1.82, 2.24) is 0 Å². The second kappa shape index (κ2) is 9.37. The van der Waals surface area contributed by atoms with Crippen molar-refractivity contribution < 1.29 is 0 Å². The molecule has 2 heteroatoms. The van der Waals surface area contributed by atoms with Crippen LogP contribution in [0.5, 0.6) is 0 Å². The van der Waals surface area contributed by atoms with Crippen molar-refractivity contribution in [2.24, 2.45) is 0 Å². The van der Waals surface area contributed by atoms with Crippen LogP contribution in [0, 0.1) is 25.2 Å². The van der Waals surface area contributed by atoms with Gasteiger partial charge in [-0.15, -0.1) is 0 Å². The molecule has 32 heavy (non-hydrogen) atoms. The summed E-state index contributed by atoms with van der Waals surface area (Å²) in [6.07, 6.45) is 2.15. The first kappa shape index (κ1) is 21.2. The fourth-order valence-corrected chi connectivity index (χ4v) is 3.70. The quantitative estimate of drug-likeness (QED) is 0.308. The van der Waals surface area contributed by atoms with Gasteiger partial charge >= 0.3 is 0 Å². The average molecular weight is 415 g/mol. The third-order valence-corrected chi connectivity index (χ3v) is 5.59. The molecule has 4 rings (SSSR count). The van der Waals surface area contributed by atoms with Crippen molar-refractivity contribution in [2.75, 3.05) is 4.90 Å². The Morgan fingerprint density at radius 2 is 1.09 bits per heavy atom. The van der Waals surface area contributed by atoms with Crippen LogP contribution in [-0.4, -0.2) is 0 Å². The number of anilines is 3. The molecule has 0 amide bonds. The highest BCUT2D eigenvalue weighted by atomic mass is 15.1. The first-order valence-electron chi connectivity index (χ1n) is 10.8. The second-order valence-corrected chi connectivity index (χ2v) is 8.11. The van der Waals surface area contributed by atoms with E-state index in [1.54, 1.807) is 0 Å². The number of aryl methyl sites for hydroxylation is 2. The van der Waals surface area contributed by atoms with Crippen LogP contribution >= 0.6 is 0 Å². The van der Waals surface area contributed by atoms with Gasteiger partial charge in [-0.25, -0.2) is 0 Å². The fraction of sp³-hybridized carbons (Fsp3) is 0.100. The lowest BCUT2D eigenvalue weighted by atomic mass is 10.0. The smallest absolute Gasteiger partial charge is 0.0991 e. The Kier molecular flexibility index (Phi) is 6.19. The van der Waals surface area contributed by atoms with Gasteiger partial charge in [-0.1, -0.05) is 65.7 Å². The molecular formula is C30H26N2. The maximum Gasteiger partial charge on any atom is 0.0991 e. The molecule has 0 N–H and O–H groups in total. The van der Waals surface area contributed by atoms with Crippen LogP contribution < -0.4 is 4.90 Å². The second-order valence-electron chi connectivity index (χ2n) is 8.11. The first-order chi connectivity index (χ1) is 15.5. The Bertz CT molecular complexity index is 1210. The molecular weight excluding hydrogens is 388 g/mol. The van der Waals surface area contributed by atoms with Gasteiger partial charge in [-0.2, -0.15) is 5.26 Å². The van der Waals surface area contributed by atoms with Crippen LogP contribution in [0.3, 0.4) is 0 Å². The van der Waals surface area contributed by atoms with Gasteiger partial charge < -0.3 is 4.90 Å². The van der Waals surface area contributed by atoms with E-state index in [4.69, 9.17) is 5.26 Å². The molecule has 0 saturated heterocycles. The summed E-state index contributed by atoms with van der Waals surface area (Å²) in [6, 6.07) is 35.8. The molecule has 156 valence electrons. The number of nitriles is 1. The fourth-order valence-electron chi connectivity index (χ4n) is 3.70. The molecule has 4 aromatic rings. The van der Waals surface area contributed by atoms with Gasteiger partial charge in [0.05, 0.1) is 11.6 Å². The van der Waals surface area contributed by atoms with Crippen LogP contribution in [0.15, 0.2) is 97.1 Å². The van der Waals surface area contributed by atoms with Gasteiger partial charge in [-0.05, 0) is 86.0 Å². The van der Waals surface area contributed by atoms with Crippen molar-refractivity contribution >= 4 is 28.7 Å². The van der Waals surface area contributed by atoms with Crippen molar-refractivity contribution in [1.29, 1.82) is 5.26 Å². The lowest BCUT2D eigenvalue weighted by Crippen LogP contribution is -2.09. The minimum Gasteiger partial charge on any atom is -0.311 e. The monoisotopic (exact) mass is 414 g/mol. The lowest BCUT2D eigenvalue weighted by Gasteiger charge is -2.26. The molecule has 0 fully saturated rings. The predicted octanol–water partition coefficient (Wildman–Crippen LogP) is 8.21. The third kappa shape index (κ3) is 4.79. The van der Waals surface area contributed by atoms with E-state index in [0.717, 1.165) is 22.6 Å². The molecule has 0 aromatic heterocycles. The lowest BCUT2D eigenvalue weighted by molar-refractivity contribution is 1.27. The number of hydrogen-bond donors (Lipinski definition) is 0. The Morgan fingerprint density at radius 1 is 0.656 bits per heavy atom. The van der Waals surface area contributed by atoms with Gasteiger partial charge in [0.25, 0.3) is 0 Å². The van der Waals surface area contributed by atoms with Crippen molar-refractivity contribution in [3.8, 4) is 6.07 Å². The molecule has 0 spiro atoms. The summed E-state index contributed by atoms with van der Waals surface area (Å²) in [4.78, 5) is 2.28. The molecule has 0 aliphatic rings. The molecule has 0 heterocycles. The van der Waals surface area contributed by atoms with Crippen LogP contribution in [0.1, 0.15) is 34.7 Å². The number of hydrogen-bond acceptors (Lipinski definition) is 2. The van der Waals surface area contributed by atoms with Gasteiger partial charge in [0.1, 0.15) is 0 Å². The largest absolute Gasteiger partial charge is 0.311 e. The van der Waals surface area contributed by atoms with Crippen molar-refractivity contribution in [2.45, 2.75) is 20.8 Å². The van der Waals surface area contributed by atoms with E-state index in [0.29, 0.717) is 5.56 Å². The molecule has 0 unspecified atom stereocenters. The summed E-state index contributed by atoms with van der Waals surface area (Å²) in [7, 11) is 0. The maximum atomic E-state index is 8.98. The molecule has 4 aromatic carbocycles. The average Bonchev–Trinajstić information content (AvgIpc) is 2.82. The highest BCUT2D eigenvalue weighted by Crippen LogP contribution is 2.35. The van der Waals surface area contributed by atoms with E-state index < -0.39 is 0 Å². The van der Waals surface area contributed by atoms with Gasteiger partial charge in [0, 0.05) is 17.1 Å². The first-order valence-corrected chi connectivity index (χ1v) is 10.8. The van der Waals surface area contributed by atoms with Gasteiger partial charge in [0.15, 0.2) is 0 Å². The standard InChI is InChI=1S/C30H26N2/c1-22-4-14-28(15-5-22)32(29-16-6-23(2)7-17-29)30-18-12-27(13-19-30)24(3)20-25-8-10-26(21-31)11-9-25/h4-20H,1-3H3/b24-20-. The zero-order chi connectivity index (χ0) is 22.5. The van der Waals surface area contributed by atoms with E-state index in [2.05, 4.69) is 111 Å². The number of benzene rings is 4. The summed E-state index contributed by atoms with van der Waals surface area (Å²) >= 11 is 0. The van der Waals surface area contributed by atoms with Crippen molar-refractivity contribution in [3.05, 3.63) is 125 Å². The Morgan fingerprint density at radius 3 is 1.53 bits per heavy atom. The third-order valence-electron chi connectivity index (χ3n) is 5.59. The van der Waals surface area contributed by atoms with Crippen LogP contribution in [-0.2, 0) is 0 Å². The van der Waals surface area contributed by atoms with Gasteiger partial charge in [0.2, 0.25) is 0 Å². The minimum absolute atomic E-state index is 0.677. The number of allylic oxidation sites excluding steroid dienone is 1. The number of rotatable bonds is 5. The summed E-state index contributed by atoms with van der Waals surface area (Å²) < 4.78 is 0. The van der Waals surface area contributed by atoms with E-state index in [1.165, 1.54) is 22.3 Å². The highest BCUT2D eigenvalue weighted by molar-refractivity contribution is 5.82. The summed E-state index contributed by atoms with van der Waals surface area (Å²) in [5.41, 5.74) is 10.0. The predicted molar refractivity (Wildman–Crippen MR) is 135 cm³/mol. The van der Waals surface area contributed by atoms with Crippen LogP contribution in [0.2, 0.25) is 0 Å². The van der Waals surface area contributed by atoms with Crippen molar-refractivity contribution in [3.63, 3.8) is 0 Å². The Hall–Kier alpha value is -4.09. The maximum absolute atomic E-state index is 8.98. The SMILES string of the molecule is C/C(=C/c1ccc(C#N)cc1)c1ccc(N(c2ccc(C)cc2)c2ccc(C)cc2)cc1. The minimum atomic E-state index is 0.677. The van der Waals surface area contributed by atoms with E-state index in [9.17, 15) is 0 Å². The highest BCUT2D eigenvalue weighted by Gasteiger charge is 2.12. The molecule has 0 aliphatic carbocycles.